The number of hydrogen-bond acceptors (Lipinski definition) is 6. The van der Waals surface area contributed by atoms with Gasteiger partial charge < -0.3 is 13.5 Å². The van der Waals surface area contributed by atoms with E-state index in [1.807, 2.05) is 0 Å². The molecule has 5 nitrogen and oxygen atoms in total. The fraction of sp³-hybridized carbons (Fsp3) is 0.643. The Bertz CT molecular complexity index is 475. The highest BCUT2D eigenvalue weighted by Gasteiger charge is 2.37. The van der Waals surface area contributed by atoms with Crippen LogP contribution in [-0.2, 0) is 19.4 Å². The van der Waals surface area contributed by atoms with Crippen molar-refractivity contribution in [3.05, 3.63) is 23.7 Å². The molecule has 0 unspecified atom stereocenters. The van der Waals surface area contributed by atoms with Crippen LogP contribution in [0.1, 0.15) is 49.7 Å². The maximum Gasteiger partial charge on any atom is 0.401 e. The Morgan fingerprint density at radius 1 is 1.29 bits per heavy atom. The maximum absolute atomic E-state index is 12.5. The van der Waals surface area contributed by atoms with Gasteiger partial charge in [-0.25, -0.2) is 0 Å². The molecule has 0 aliphatic carbocycles. The van der Waals surface area contributed by atoms with Crippen molar-refractivity contribution in [3.63, 3.8) is 0 Å². The van der Waals surface area contributed by atoms with Gasteiger partial charge in [-0.05, 0) is 32.1 Å². The van der Waals surface area contributed by atoms with E-state index in [1.165, 1.54) is 12.3 Å². The minimum Gasteiger partial charge on any atom is -0.468 e. The zero-order valence-corrected chi connectivity index (χ0v) is 14.5. The second kappa shape index (κ2) is 9.46. The van der Waals surface area contributed by atoms with Gasteiger partial charge in [-0.2, -0.15) is 11.8 Å². The lowest BCUT2D eigenvalue weighted by Gasteiger charge is -2.15. The summed E-state index contributed by atoms with van der Waals surface area (Å²) in [6.07, 6.45) is 3.68. The van der Waals surface area contributed by atoms with Crippen molar-refractivity contribution in [3.8, 4) is 0 Å². The fourth-order valence-corrected chi connectivity index (χ4v) is 4.23. The summed E-state index contributed by atoms with van der Waals surface area (Å²) < 4.78 is 28.0. The summed E-state index contributed by atoms with van der Waals surface area (Å²) >= 11 is 1.69. The van der Waals surface area contributed by atoms with E-state index in [0.29, 0.717) is 17.1 Å². The third-order valence-corrected chi connectivity index (χ3v) is 5.68. The van der Waals surface area contributed by atoms with E-state index >= 15 is 0 Å². The summed E-state index contributed by atoms with van der Waals surface area (Å²) in [4.78, 5) is 12.4. The van der Waals surface area contributed by atoms with E-state index in [0.717, 1.165) is 18.6 Å². The Hall–Kier alpha value is -0.550. The van der Waals surface area contributed by atoms with Gasteiger partial charge >= 0.3 is 7.60 Å². The van der Waals surface area contributed by atoms with Gasteiger partial charge in [0.2, 0.25) is 0 Å². The predicted molar refractivity (Wildman–Crippen MR) is 85.0 cm³/mol. The van der Waals surface area contributed by atoms with Gasteiger partial charge in [-0.3, -0.25) is 9.36 Å². The molecule has 0 aromatic carbocycles. The highest BCUT2D eigenvalue weighted by Crippen LogP contribution is 2.51. The zero-order chi connectivity index (χ0) is 15.7. The number of carbonyl (C=O) groups excluding carboxylic acids is 1. The molecule has 0 amide bonds. The van der Waals surface area contributed by atoms with E-state index in [-0.39, 0.29) is 13.2 Å². The van der Waals surface area contributed by atoms with Gasteiger partial charge in [0, 0.05) is 0 Å². The van der Waals surface area contributed by atoms with Crippen LogP contribution in [0.2, 0.25) is 0 Å². The first kappa shape index (κ1) is 18.5. The molecule has 0 saturated heterocycles. The van der Waals surface area contributed by atoms with E-state index < -0.39 is 13.1 Å². The summed E-state index contributed by atoms with van der Waals surface area (Å²) in [5.41, 5.74) is -0.324. The van der Waals surface area contributed by atoms with Crippen LogP contribution in [0.5, 0.6) is 0 Å². The number of rotatable bonds is 11. The summed E-state index contributed by atoms with van der Waals surface area (Å²) in [6, 6.07) is 1.53. The number of thioether (sulfide) groups is 1. The molecule has 1 aromatic heterocycles. The fourth-order valence-electron chi connectivity index (χ4n) is 1.70. The molecule has 0 aliphatic heterocycles. The quantitative estimate of drug-likeness (QED) is 0.431. The van der Waals surface area contributed by atoms with Crippen LogP contribution < -0.4 is 0 Å². The molecule has 0 spiro atoms. The first-order valence-corrected chi connectivity index (χ1v) is 9.86. The largest absolute Gasteiger partial charge is 0.468 e. The normalized spacial score (nSPS) is 11.8. The smallest absolute Gasteiger partial charge is 0.401 e. The Kier molecular flexibility index (Phi) is 8.34. The van der Waals surface area contributed by atoms with Crippen molar-refractivity contribution in [2.75, 3.05) is 19.0 Å². The van der Waals surface area contributed by atoms with E-state index in [9.17, 15) is 9.36 Å². The topological polar surface area (TPSA) is 65.7 Å². The number of hydrogen-bond donors (Lipinski definition) is 0. The predicted octanol–water partition coefficient (Wildman–Crippen LogP) is 4.72. The third kappa shape index (κ3) is 5.29. The molecule has 1 heterocycles. The average molecular weight is 334 g/mol. The molecule has 21 heavy (non-hydrogen) atoms. The molecule has 0 atom stereocenters. The van der Waals surface area contributed by atoms with Crippen molar-refractivity contribution in [1.82, 2.24) is 0 Å². The summed E-state index contributed by atoms with van der Waals surface area (Å²) in [5.74, 6) is 2.10. The lowest BCUT2D eigenvalue weighted by atomic mass is 10.3. The second-order valence-corrected chi connectivity index (χ2v) is 7.32. The van der Waals surface area contributed by atoms with Gasteiger partial charge in [0.1, 0.15) is 5.76 Å². The Morgan fingerprint density at radius 2 is 1.95 bits per heavy atom. The molecule has 0 N–H and O–H groups in total. The molecule has 0 radical (unpaired) electrons. The average Bonchev–Trinajstić information content (AvgIpc) is 2.91. The molecule has 0 fully saturated rings. The van der Waals surface area contributed by atoms with Crippen LogP contribution in [0, 0.1) is 0 Å². The van der Waals surface area contributed by atoms with Crippen molar-refractivity contribution < 1.29 is 22.8 Å². The molecule has 1 aromatic rings. The molecular weight excluding hydrogens is 311 g/mol. The van der Waals surface area contributed by atoms with E-state index in [1.54, 1.807) is 25.6 Å². The minimum absolute atomic E-state index is 0.154. The Morgan fingerprint density at radius 3 is 2.52 bits per heavy atom. The molecule has 0 saturated carbocycles. The van der Waals surface area contributed by atoms with Crippen molar-refractivity contribution in [1.29, 1.82) is 0 Å². The van der Waals surface area contributed by atoms with Crippen LogP contribution in [0.25, 0.3) is 0 Å². The van der Waals surface area contributed by atoms with Gasteiger partial charge in [0.25, 0.3) is 5.52 Å². The van der Waals surface area contributed by atoms with Crippen LogP contribution in [0.3, 0.4) is 0 Å². The molecule has 120 valence electrons. The molecular formula is C14H23O5PS. The summed E-state index contributed by atoms with van der Waals surface area (Å²) in [5, 5.41) is 0. The monoisotopic (exact) mass is 334 g/mol. The van der Waals surface area contributed by atoms with Gasteiger partial charge in [-0.15, -0.1) is 0 Å². The standard InChI is InChI=1S/C14H23O5PS/c1-4-7-10-21-11-13-12(8-9-17-13)14(15)20(16,18-5-2)19-6-3/h8-9H,4-7,10-11H2,1-3H3. The molecule has 0 bridgehead atoms. The van der Waals surface area contributed by atoms with Crippen molar-refractivity contribution in [2.24, 2.45) is 0 Å². The van der Waals surface area contributed by atoms with Gasteiger partial charge in [0.15, 0.2) is 0 Å². The van der Waals surface area contributed by atoms with Crippen molar-refractivity contribution >= 4 is 24.9 Å². The van der Waals surface area contributed by atoms with E-state index in [2.05, 4.69) is 6.92 Å². The highest BCUT2D eigenvalue weighted by molar-refractivity contribution is 7.98. The van der Waals surface area contributed by atoms with Crippen LogP contribution in [0.15, 0.2) is 16.7 Å². The van der Waals surface area contributed by atoms with E-state index in [4.69, 9.17) is 13.5 Å². The number of unbranched alkanes of at least 4 members (excludes halogenated alkanes) is 1. The minimum atomic E-state index is -3.78. The first-order valence-electron chi connectivity index (χ1n) is 7.17. The number of carbonyl (C=O) groups is 1. The van der Waals surface area contributed by atoms with Crippen molar-refractivity contribution in [2.45, 2.75) is 39.4 Å². The first-order chi connectivity index (χ1) is 10.1. The lowest BCUT2D eigenvalue weighted by molar-refractivity contribution is 0.0999. The van der Waals surface area contributed by atoms with Gasteiger partial charge in [0.05, 0.1) is 30.8 Å². The zero-order valence-electron chi connectivity index (χ0n) is 12.8. The van der Waals surface area contributed by atoms with Gasteiger partial charge in [-0.1, -0.05) is 13.3 Å². The van der Waals surface area contributed by atoms with Crippen LogP contribution >= 0.6 is 19.4 Å². The molecule has 0 aliphatic rings. The third-order valence-electron chi connectivity index (χ3n) is 2.70. The lowest BCUT2D eigenvalue weighted by Crippen LogP contribution is -2.08. The summed E-state index contributed by atoms with van der Waals surface area (Å²) in [6.45, 7) is 5.79. The Labute approximate surface area is 130 Å². The molecule has 7 heteroatoms. The van der Waals surface area contributed by atoms with Crippen LogP contribution in [-0.4, -0.2) is 24.5 Å². The van der Waals surface area contributed by atoms with Crippen LogP contribution in [0.4, 0.5) is 0 Å². The molecule has 1 rings (SSSR count). The number of furan rings is 1. The SMILES string of the molecule is CCCCSCc1occc1C(=O)P(=O)(OCC)OCC. The maximum atomic E-state index is 12.5. The summed E-state index contributed by atoms with van der Waals surface area (Å²) in [7, 11) is -3.78. The second-order valence-electron chi connectivity index (χ2n) is 4.30. The highest BCUT2D eigenvalue weighted by atomic mass is 32.2. The Balaban J connectivity index is 2.81.